The van der Waals surface area contributed by atoms with Gasteiger partial charge in [0.15, 0.2) is 0 Å². The zero-order valence-corrected chi connectivity index (χ0v) is 15.7. The maximum absolute atomic E-state index is 12.7. The van der Waals surface area contributed by atoms with Gasteiger partial charge >= 0.3 is 0 Å². The van der Waals surface area contributed by atoms with Gasteiger partial charge in [0.2, 0.25) is 0 Å². The molecule has 142 valence electrons. The van der Waals surface area contributed by atoms with Crippen molar-refractivity contribution in [1.82, 2.24) is 10.6 Å². The Labute approximate surface area is 159 Å². The normalized spacial score (nSPS) is 15.4. The number of benzene rings is 1. The minimum absolute atomic E-state index is 0.187. The second-order valence-corrected chi connectivity index (χ2v) is 7.11. The van der Waals surface area contributed by atoms with E-state index in [2.05, 4.69) is 10.6 Å². The Bertz CT molecular complexity index is 803. The molecule has 2 aromatic rings. The second kappa shape index (κ2) is 9.21. The van der Waals surface area contributed by atoms with Crippen molar-refractivity contribution in [3.63, 3.8) is 0 Å². The first-order valence-electron chi connectivity index (χ1n) is 9.53. The van der Waals surface area contributed by atoms with E-state index in [0.717, 1.165) is 18.4 Å². The van der Waals surface area contributed by atoms with Crippen molar-refractivity contribution in [3.8, 4) is 0 Å². The summed E-state index contributed by atoms with van der Waals surface area (Å²) in [5, 5.41) is 5.71. The Morgan fingerprint density at radius 1 is 1.15 bits per heavy atom. The van der Waals surface area contributed by atoms with Gasteiger partial charge in [0, 0.05) is 18.2 Å². The van der Waals surface area contributed by atoms with Crippen LogP contribution in [0.3, 0.4) is 0 Å². The van der Waals surface area contributed by atoms with Gasteiger partial charge in [-0.15, -0.1) is 0 Å². The van der Waals surface area contributed by atoms with Crippen LogP contribution in [0.25, 0.3) is 6.08 Å². The first-order valence-corrected chi connectivity index (χ1v) is 9.53. The number of furan rings is 1. The van der Waals surface area contributed by atoms with Gasteiger partial charge in [-0.05, 0) is 49.9 Å². The van der Waals surface area contributed by atoms with E-state index in [-0.39, 0.29) is 17.5 Å². The maximum Gasteiger partial charge on any atom is 0.267 e. The lowest BCUT2D eigenvalue weighted by molar-refractivity contribution is -0.118. The summed E-state index contributed by atoms with van der Waals surface area (Å²) in [6, 6.07) is 10.8. The summed E-state index contributed by atoms with van der Waals surface area (Å²) in [6.45, 7) is 2.56. The molecule has 1 aromatic carbocycles. The summed E-state index contributed by atoms with van der Waals surface area (Å²) >= 11 is 0. The third-order valence-corrected chi connectivity index (χ3v) is 4.88. The van der Waals surface area contributed by atoms with E-state index in [1.165, 1.54) is 25.5 Å². The lowest BCUT2D eigenvalue weighted by atomic mass is 9.89. The van der Waals surface area contributed by atoms with Gasteiger partial charge in [0.05, 0.1) is 6.26 Å². The number of carbonyl (C=O) groups excluding carboxylic acids is 2. The predicted molar refractivity (Wildman–Crippen MR) is 105 cm³/mol. The van der Waals surface area contributed by atoms with Crippen LogP contribution >= 0.6 is 0 Å². The minimum Gasteiger partial charge on any atom is -0.465 e. The molecule has 1 fully saturated rings. The van der Waals surface area contributed by atoms with E-state index < -0.39 is 0 Å². The van der Waals surface area contributed by atoms with Gasteiger partial charge in [-0.25, -0.2) is 0 Å². The largest absolute Gasteiger partial charge is 0.465 e. The van der Waals surface area contributed by atoms with E-state index in [4.69, 9.17) is 4.42 Å². The number of carbonyl (C=O) groups is 2. The quantitative estimate of drug-likeness (QED) is 0.758. The first kappa shape index (κ1) is 19.0. The third kappa shape index (κ3) is 5.58. The van der Waals surface area contributed by atoms with Crippen LogP contribution in [0.15, 0.2) is 52.8 Å². The molecule has 0 radical (unpaired) electrons. The van der Waals surface area contributed by atoms with Gasteiger partial charge in [-0.2, -0.15) is 0 Å². The van der Waals surface area contributed by atoms with Crippen molar-refractivity contribution >= 4 is 17.9 Å². The molecule has 1 aliphatic carbocycles. The molecule has 0 bridgehead atoms. The molecule has 1 saturated carbocycles. The average Bonchev–Trinajstić information content (AvgIpc) is 3.19. The summed E-state index contributed by atoms with van der Waals surface area (Å²) in [4.78, 5) is 25.3. The fourth-order valence-corrected chi connectivity index (χ4v) is 3.38. The topological polar surface area (TPSA) is 71.3 Å². The summed E-state index contributed by atoms with van der Waals surface area (Å²) in [7, 11) is 0. The van der Waals surface area contributed by atoms with Crippen LogP contribution in [0, 0.1) is 12.8 Å². The lowest BCUT2D eigenvalue weighted by Crippen LogP contribution is -2.37. The Morgan fingerprint density at radius 3 is 2.67 bits per heavy atom. The molecule has 1 aromatic heterocycles. The number of hydrogen-bond donors (Lipinski definition) is 2. The fraction of sp³-hybridized carbons (Fsp3) is 0.364. The van der Waals surface area contributed by atoms with Gasteiger partial charge < -0.3 is 15.1 Å². The number of nitrogens with one attached hydrogen (secondary N) is 2. The molecule has 1 heterocycles. The molecule has 0 atom stereocenters. The Balaban J connectivity index is 1.70. The molecule has 0 spiro atoms. The zero-order valence-electron chi connectivity index (χ0n) is 15.7. The van der Waals surface area contributed by atoms with E-state index >= 15 is 0 Å². The van der Waals surface area contributed by atoms with Crippen LogP contribution in [0.2, 0.25) is 0 Å². The van der Waals surface area contributed by atoms with E-state index in [0.29, 0.717) is 23.8 Å². The molecule has 5 heteroatoms. The molecular formula is C22H26N2O3. The van der Waals surface area contributed by atoms with Gasteiger partial charge in [0.25, 0.3) is 11.8 Å². The molecular weight excluding hydrogens is 340 g/mol. The number of aryl methyl sites for hydroxylation is 1. The van der Waals surface area contributed by atoms with Crippen LogP contribution in [-0.2, 0) is 4.79 Å². The van der Waals surface area contributed by atoms with E-state index in [9.17, 15) is 9.59 Å². The predicted octanol–water partition coefficient (Wildman–Crippen LogP) is 4.06. The molecule has 0 unspecified atom stereocenters. The van der Waals surface area contributed by atoms with E-state index in [1.807, 2.05) is 19.1 Å². The lowest BCUT2D eigenvalue weighted by Gasteiger charge is -2.22. The highest BCUT2D eigenvalue weighted by Gasteiger charge is 2.18. The number of hydrogen-bond acceptors (Lipinski definition) is 3. The Kier molecular flexibility index (Phi) is 6.47. The van der Waals surface area contributed by atoms with Crippen molar-refractivity contribution < 1.29 is 14.0 Å². The highest BCUT2D eigenvalue weighted by Crippen LogP contribution is 2.22. The Morgan fingerprint density at radius 2 is 1.96 bits per heavy atom. The first-order chi connectivity index (χ1) is 13.1. The van der Waals surface area contributed by atoms with Crippen molar-refractivity contribution in [2.75, 3.05) is 6.54 Å². The highest BCUT2D eigenvalue weighted by molar-refractivity contribution is 6.05. The molecule has 2 amide bonds. The second-order valence-electron chi connectivity index (χ2n) is 7.11. The van der Waals surface area contributed by atoms with Crippen LogP contribution < -0.4 is 10.6 Å². The average molecular weight is 366 g/mol. The summed E-state index contributed by atoms with van der Waals surface area (Å²) < 4.78 is 5.31. The molecule has 1 aliphatic rings. The molecule has 5 nitrogen and oxygen atoms in total. The molecule has 3 rings (SSSR count). The Hall–Kier alpha value is -2.82. The minimum atomic E-state index is -0.315. The monoisotopic (exact) mass is 366 g/mol. The van der Waals surface area contributed by atoms with Crippen LogP contribution in [0.4, 0.5) is 0 Å². The van der Waals surface area contributed by atoms with Gasteiger partial charge in [-0.3, -0.25) is 9.59 Å². The standard InChI is InChI=1S/C22H26N2O3/c1-16-7-5-10-18(13-16)21(25)24-20(14-19-11-6-12-27-19)22(26)23-15-17-8-3-2-4-9-17/h5-7,10-14,17H,2-4,8-9,15H2,1H3,(H,23,26)(H,24,25)/b20-14-. The van der Waals surface area contributed by atoms with Gasteiger partial charge in [-0.1, -0.05) is 37.0 Å². The van der Waals surface area contributed by atoms with Crippen molar-refractivity contribution in [1.29, 1.82) is 0 Å². The summed E-state index contributed by atoms with van der Waals surface area (Å²) in [5.41, 5.74) is 1.69. The highest BCUT2D eigenvalue weighted by atomic mass is 16.3. The maximum atomic E-state index is 12.7. The summed E-state index contributed by atoms with van der Waals surface area (Å²) in [5.74, 6) is 0.421. The number of amides is 2. The molecule has 0 saturated heterocycles. The van der Waals surface area contributed by atoms with E-state index in [1.54, 1.807) is 30.3 Å². The fourth-order valence-electron chi connectivity index (χ4n) is 3.38. The van der Waals surface area contributed by atoms with Crippen LogP contribution in [-0.4, -0.2) is 18.4 Å². The third-order valence-electron chi connectivity index (χ3n) is 4.88. The zero-order chi connectivity index (χ0) is 19.1. The van der Waals surface area contributed by atoms with Gasteiger partial charge in [0.1, 0.15) is 11.5 Å². The van der Waals surface area contributed by atoms with Crippen molar-refractivity contribution in [2.45, 2.75) is 39.0 Å². The van der Waals surface area contributed by atoms with Crippen molar-refractivity contribution in [3.05, 3.63) is 65.2 Å². The number of rotatable bonds is 6. The molecule has 2 N–H and O–H groups in total. The van der Waals surface area contributed by atoms with Crippen molar-refractivity contribution in [2.24, 2.45) is 5.92 Å². The smallest absolute Gasteiger partial charge is 0.267 e. The van der Waals surface area contributed by atoms with Crippen LogP contribution in [0.5, 0.6) is 0 Å². The SMILES string of the molecule is Cc1cccc(C(=O)N/C(=C\c2ccco2)C(=O)NCC2CCCCC2)c1. The molecule has 27 heavy (non-hydrogen) atoms. The molecule has 0 aliphatic heterocycles. The summed E-state index contributed by atoms with van der Waals surface area (Å²) in [6.07, 6.45) is 9.11. The van der Waals surface area contributed by atoms with Crippen LogP contribution in [0.1, 0.15) is 53.8 Å².